The van der Waals surface area contributed by atoms with Crippen molar-refractivity contribution in [3.8, 4) is 0 Å². The van der Waals surface area contributed by atoms with Crippen LogP contribution in [-0.2, 0) is 14.2 Å². The van der Waals surface area contributed by atoms with Gasteiger partial charge in [-0.1, -0.05) is 0 Å². The van der Waals surface area contributed by atoms with Crippen LogP contribution in [0.5, 0.6) is 0 Å². The zero-order valence-corrected chi connectivity index (χ0v) is 9.11. The molecule has 4 nitrogen and oxygen atoms in total. The quantitative estimate of drug-likeness (QED) is 0.639. The van der Waals surface area contributed by atoms with Crippen molar-refractivity contribution in [2.75, 3.05) is 39.5 Å². The Balaban J connectivity index is 1.60. The molecule has 0 aliphatic carbocycles. The molecule has 0 aromatic carbocycles. The van der Waals surface area contributed by atoms with E-state index >= 15 is 0 Å². The fraction of sp³-hybridized carbons (Fsp3) is 1.00. The first-order valence-electron chi connectivity index (χ1n) is 5.98. The molecule has 0 bridgehead atoms. The number of hydrogen-bond acceptors (Lipinski definition) is 4. The fourth-order valence-electron chi connectivity index (χ4n) is 2.84. The van der Waals surface area contributed by atoms with E-state index < -0.39 is 0 Å². The molecule has 3 aliphatic rings. The summed E-state index contributed by atoms with van der Waals surface area (Å²) in [6.07, 6.45) is 3.47. The van der Waals surface area contributed by atoms with Gasteiger partial charge in [-0.2, -0.15) is 0 Å². The van der Waals surface area contributed by atoms with E-state index in [1.807, 2.05) is 0 Å². The van der Waals surface area contributed by atoms with Gasteiger partial charge in [0.15, 0.2) is 5.79 Å². The molecule has 1 spiro atoms. The molecule has 1 unspecified atom stereocenters. The molecule has 0 amide bonds. The predicted molar refractivity (Wildman–Crippen MR) is 54.7 cm³/mol. The van der Waals surface area contributed by atoms with Gasteiger partial charge in [-0.05, 0) is 12.8 Å². The third-order valence-corrected chi connectivity index (χ3v) is 3.69. The number of nitrogens with zero attached hydrogens (tertiary/aromatic N) is 1. The first kappa shape index (κ1) is 10.0. The minimum Gasteiger partial charge on any atom is -0.380 e. The lowest BCUT2D eigenvalue weighted by Gasteiger charge is -2.31. The highest BCUT2D eigenvalue weighted by Crippen LogP contribution is 2.32. The minimum atomic E-state index is -0.266. The summed E-state index contributed by atoms with van der Waals surface area (Å²) in [5.74, 6) is -0.266. The Morgan fingerprint density at radius 2 is 2.00 bits per heavy atom. The van der Waals surface area contributed by atoms with Crippen LogP contribution in [0, 0.1) is 0 Å². The first-order valence-corrected chi connectivity index (χ1v) is 5.98. The monoisotopic (exact) mass is 213 g/mol. The van der Waals surface area contributed by atoms with Crippen molar-refractivity contribution in [1.29, 1.82) is 0 Å². The van der Waals surface area contributed by atoms with Crippen LogP contribution in [0.15, 0.2) is 0 Å². The maximum atomic E-state index is 5.72. The molecular weight excluding hydrogens is 194 g/mol. The van der Waals surface area contributed by atoms with Crippen molar-refractivity contribution in [3.63, 3.8) is 0 Å². The van der Waals surface area contributed by atoms with Gasteiger partial charge in [-0.3, -0.25) is 4.90 Å². The number of rotatable bonds is 1. The Bertz CT molecular complexity index is 222. The zero-order chi connectivity index (χ0) is 10.1. The number of ether oxygens (including phenoxy) is 3. The van der Waals surface area contributed by atoms with Gasteiger partial charge >= 0.3 is 0 Å². The van der Waals surface area contributed by atoms with Gasteiger partial charge in [-0.15, -0.1) is 0 Å². The van der Waals surface area contributed by atoms with Gasteiger partial charge in [0.1, 0.15) is 0 Å². The lowest BCUT2D eigenvalue weighted by molar-refractivity contribution is -0.148. The van der Waals surface area contributed by atoms with E-state index in [1.165, 1.54) is 12.8 Å². The number of hydrogen-bond donors (Lipinski definition) is 0. The molecule has 3 fully saturated rings. The van der Waals surface area contributed by atoms with Crippen molar-refractivity contribution in [3.05, 3.63) is 0 Å². The topological polar surface area (TPSA) is 30.9 Å². The van der Waals surface area contributed by atoms with E-state index in [1.54, 1.807) is 0 Å². The largest absolute Gasteiger partial charge is 0.380 e. The smallest absolute Gasteiger partial charge is 0.182 e. The van der Waals surface area contributed by atoms with Crippen LogP contribution in [0.1, 0.15) is 19.3 Å². The van der Waals surface area contributed by atoms with Gasteiger partial charge in [0.05, 0.1) is 26.4 Å². The Morgan fingerprint density at radius 1 is 1.13 bits per heavy atom. The molecule has 0 N–H and O–H groups in total. The van der Waals surface area contributed by atoms with E-state index in [0.717, 1.165) is 45.9 Å². The zero-order valence-electron chi connectivity index (χ0n) is 9.11. The van der Waals surface area contributed by atoms with Crippen molar-refractivity contribution in [1.82, 2.24) is 4.90 Å². The van der Waals surface area contributed by atoms with Gasteiger partial charge < -0.3 is 14.2 Å². The number of likely N-dealkylation sites (tertiary alicyclic amines) is 1. The summed E-state index contributed by atoms with van der Waals surface area (Å²) >= 11 is 0. The summed E-state index contributed by atoms with van der Waals surface area (Å²) in [6.45, 7) is 5.36. The van der Waals surface area contributed by atoms with Crippen LogP contribution >= 0.6 is 0 Å². The summed E-state index contributed by atoms with van der Waals surface area (Å²) in [6, 6.07) is 0.589. The van der Waals surface area contributed by atoms with Crippen molar-refractivity contribution in [2.45, 2.75) is 31.1 Å². The molecule has 86 valence electrons. The van der Waals surface area contributed by atoms with Gasteiger partial charge in [-0.25, -0.2) is 0 Å². The van der Waals surface area contributed by atoms with E-state index in [-0.39, 0.29) is 5.79 Å². The summed E-state index contributed by atoms with van der Waals surface area (Å²) in [5, 5.41) is 0. The molecule has 0 aromatic rings. The molecule has 3 aliphatic heterocycles. The highest BCUT2D eigenvalue weighted by molar-refractivity contribution is 4.90. The summed E-state index contributed by atoms with van der Waals surface area (Å²) in [4.78, 5) is 2.48. The minimum absolute atomic E-state index is 0.266. The van der Waals surface area contributed by atoms with Crippen LogP contribution < -0.4 is 0 Å². The molecule has 1 atom stereocenters. The van der Waals surface area contributed by atoms with E-state index in [4.69, 9.17) is 14.2 Å². The normalized spacial score (nSPS) is 36.4. The molecular formula is C11H19NO3. The second kappa shape index (κ2) is 4.01. The van der Waals surface area contributed by atoms with Crippen molar-refractivity contribution >= 4 is 0 Å². The first-order chi connectivity index (χ1) is 7.38. The van der Waals surface area contributed by atoms with Gasteiger partial charge in [0.2, 0.25) is 0 Å². The summed E-state index contributed by atoms with van der Waals surface area (Å²) < 4.78 is 17.0. The average molecular weight is 213 g/mol. The van der Waals surface area contributed by atoms with E-state index in [0.29, 0.717) is 6.04 Å². The highest BCUT2D eigenvalue weighted by atomic mass is 16.7. The van der Waals surface area contributed by atoms with Crippen LogP contribution in [0.2, 0.25) is 0 Å². The molecule has 0 saturated carbocycles. The van der Waals surface area contributed by atoms with E-state index in [2.05, 4.69) is 4.90 Å². The maximum absolute atomic E-state index is 5.72. The van der Waals surface area contributed by atoms with Crippen molar-refractivity contribution in [2.24, 2.45) is 0 Å². The predicted octanol–water partition coefficient (Wildman–Crippen LogP) is 0.614. The maximum Gasteiger partial charge on any atom is 0.182 e. The van der Waals surface area contributed by atoms with Crippen LogP contribution in [0.25, 0.3) is 0 Å². The average Bonchev–Trinajstić information content (AvgIpc) is 2.91. The SMILES string of the molecule is C1COCC(N2CCC3(C2)OCCO3)C1. The molecule has 0 radical (unpaired) electrons. The van der Waals surface area contributed by atoms with Crippen LogP contribution in [0.3, 0.4) is 0 Å². The lowest BCUT2D eigenvalue weighted by atomic mass is 10.1. The summed E-state index contributed by atoms with van der Waals surface area (Å²) in [5.41, 5.74) is 0. The Labute approximate surface area is 90.5 Å². The highest BCUT2D eigenvalue weighted by Gasteiger charge is 2.45. The Morgan fingerprint density at radius 3 is 2.73 bits per heavy atom. The fourth-order valence-corrected chi connectivity index (χ4v) is 2.84. The summed E-state index contributed by atoms with van der Waals surface area (Å²) in [7, 11) is 0. The standard InChI is InChI=1S/C11H19NO3/c1-2-10(8-13-5-1)12-4-3-11(9-12)14-6-7-15-11/h10H,1-9H2. The van der Waals surface area contributed by atoms with Gasteiger partial charge in [0.25, 0.3) is 0 Å². The molecule has 15 heavy (non-hydrogen) atoms. The molecule has 0 aromatic heterocycles. The lowest BCUT2D eigenvalue weighted by Crippen LogP contribution is -2.42. The second-order valence-electron chi connectivity index (χ2n) is 4.70. The third-order valence-electron chi connectivity index (χ3n) is 3.69. The molecule has 3 saturated heterocycles. The molecule has 3 rings (SSSR count). The third kappa shape index (κ3) is 1.91. The second-order valence-corrected chi connectivity index (χ2v) is 4.70. The Hall–Kier alpha value is -0.160. The van der Waals surface area contributed by atoms with Crippen LogP contribution in [-0.4, -0.2) is 56.2 Å². The molecule has 4 heteroatoms. The van der Waals surface area contributed by atoms with E-state index in [9.17, 15) is 0 Å². The Kier molecular flexibility index (Phi) is 2.68. The van der Waals surface area contributed by atoms with Crippen LogP contribution in [0.4, 0.5) is 0 Å². The van der Waals surface area contributed by atoms with Crippen molar-refractivity contribution < 1.29 is 14.2 Å². The van der Waals surface area contributed by atoms with Gasteiger partial charge in [0, 0.05) is 25.6 Å². The molecule has 3 heterocycles.